The summed E-state index contributed by atoms with van der Waals surface area (Å²) in [5, 5.41) is 23.7. The van der Waals surface area contributed by atoms with Gasteiger partial charge in [-0.3, -0.25) is 14.4 Å². The van der Waals surface area contributed by atoms with Gasteiger partial charge in [-0.05, 0) is 25.0 Å². The molecule has 29 heavy (non-hydrogen) atoms. The number of aliphatic carboxylic acids is 2. The maximum Gasteiger partial charge on any atom is 0.326 e. The fraction of sp³-hybridized carbons (Fsp3) is 0.368. The molecule has 0 unspecified atom stereocenters. The number of benzene rings is 1. The molecule has 0 aliphatic heterocycles. The highest BCUT2D eigenvalue weighted by atomic mass is 16.4. The lowest BCUT2D eigenvalue weighted by Gasteiger charge is -2.22. The van der Waals surface area contributed by atoms with E-state index in [0.29, 0.717) is 0 Å². The van der Waals surface area contributed by atoms with Crippen LogP contribution in [0.4, 0.5) is 0 Å². The van der Waals surface area contributed by atoms with Gasteiger partial charge in [0.1, 0.15) is 12.1 Å². The number of amides is 2. The number of aromatic amines is 1. The average molecular weight is 404 g/mol. The molecule has 3 atom stereocenters. The number of carboxylic acids is 2. The van der Waals surface area contributed by atoms with E-state index in [0.717, 1.165) is 16.5 Å². The summed E-state index contributed by atoms with van der Waals surface area (Å²) < 4.78 is 0. The molecule has 0 aliphatic carbocycles. The first kappa shape index (κ1) is 21.9. The maximum absolute atomic E-state index is 12.7. The zero-order valence-electron chi connectivity index (χ0n) is 15.8. The Labute approximate surface area is 166 Å². The number of carboxylic acid groups (broad SMARTS) is 2. The highest BCUT2D eigenvalue weighted by Gasteiger charge is 2.28. The molecule has 0 saturated carbocycles. The fourth-order valence-electron chi connectivity index (χ4n) is 2.83. The number of rotatable bonds is 10. The molecule has 10 heteroatoms. The third-order valence-electron chi connectivity index (χ3n) is 4.41. The van der Waals surface area contributed by atoms with Crippen molar-refractivity contribution in [2.45, 2.75) is 44.3 Å². The van der Waals surface area contributed by atoms with Crippen molar-refractivity contribution >= 4 is 34.7 Å². The Bertz CT molecular complexity index is 907. The van der Waals surface area contributed by atoms with E-state index in [1.54, 1.807) is 6.20 Å². The van der Waals surface area contributed by atoms with Gasteiger partial charge in [0.2, 0.25) is 11.8 Å². The molecule has 2 aromatic rings. The lowest BCUT2D eigenvalue weighted by atomic mass is 10.0. The molecular weight excluding hydrogens is 380 g/mol. The van der Waals surface area contributed by atoms with Gasteiger partial charge < -0.3 is 31.6 Å². The average Bonchev–Trinajstić information content (AvgIpc) is 3.06. The van der Waals surface area contributed by atoms with E-state index in [1.165, 1.54) is 6.92 Å². The van der Waals surface area contributed by atoms with Crippen LogP contribution < -0.4 is 16.4 Å². The van der Waals surface area contributed by atoms with Crippen molar-refractivity contribution in [3.8, 4) is 0 Å². The van der Waals surface area contributed by atoms with Crippen molar-refractivity contribution in [2.24, 2.45) is 5.73 Å². The molecule has 0 aliphatic rings. The Hall–Kier alpha value is -3.40. The second kappa shape index (κ2) is 9.69. The maximum atomic E-state index is 12.7. The largest absolute Gasteiger partial charge is 0.481 e. The number of fused-ring (bicyclic) bond motifs is 1. The minimum Gasteiger partial charge on any atom is -0.481 e. The van der Waals surface area contributed by atoms with Crippen LogP contribution in [-0.4, -0.2) is 57.1 Å². The number of hydrogen-bond acceptors (Lipinski definition) is 5. The molecule has 0 spiro atoms. The Morgan fingerprint density at radius 2 is 1.72 bits per heavy atom. The molecule has 7 N–H and O–H groups in total. The predicted molar refractivity (Wildman–Crippen MR) is 104 cm³/mol. The van der Waals surface area contributed by atoms with Crippen molar-refractivity contribution in [3.63, 3.8) is 0 Å². The molecule has 0 fully saturated rings. The number of hydrogen-bond donors (Lipinski definition) is 6. The number of H-pyrrole nitrogens is 1. The number of nitrogens with two attached hydrogens (primary N) is 1. The van der Waals surface area contributed by atoms with Gasteiger partial charge in [-0.25, -0.2) is 4.79 Å². The quantitative estimate of drug-likeness (QED) is 0.322. The molecule has 10 nitrogen and oxygen atoms in total. The molecule has 2 rings (SSSR count). The van der Waals surface area contributed by atoms with Crippen LogP contribution in [0.3, 0.4) is 0 Å². The monoisotopic (exact) mass is 404 g/mol. The molecular formula is C19H24N4O6. The van der Waals surface area contributed by atoms with E-state index in [4.69, 9.17) is 10.8 Å². The number of carbonyl (C=O) groups excluding carboxylic acids is 2. The van der Waals surface area contributed by atoms with E-state index in [-0.39, 0.29) is 12.8 Å². The summed E-state index contributed by atoms with van der Waals surface area (Å²) in [6.07, 6.45) is 1.11. The second-order valence-electron chi connectivity index (χ2n) is 6.75. The van der Waals surface area contributed by atoms with Gasteiger partial charge in [-0.2, -0.15) is 0 Å². The highest BCUT2D eigenvalue weighted by molar-refractivity contribution is 5.92. The molecule has 1 aromatic heterocycles. The van der Waals surface area contributed by atoms with Crippen LogP contribution in [0.15, 0.2) is 30.5 Å². The van der Waals surface area contributed by atoms with E-state index in [2.05, 4.69) is 15.6 Å². The Balaban J connectivity index is 2.21. The van der Waals surface area contributed by atoms with Crippen LogP contribution in [0.2, 0.25) is 0 Å². The number of aromatic nitrogens is 1. The summed E-state index contributed by atoms with van der Waals surface area (Å²) in [5.41, 5.74) is 7.17. The van der Waals surface area contributed by atoms with Crippen LogP contribution in [0.1, 0.15) is 25.3 Å². The smallest absolute Gasteiger partial charge is 0.326 e. The van der Waals surface area contributed by atoms with Gasteiger partial charge in [0, 0.05) is 29.9 Å². The van der Waals surface area contributed by atoms with Crippen molar-refractivity contribution in [1.29, 1.82) is 0 Å². The summed E-state index contributed by atoms with van der Waals surface area (Å²) in [4.78, 5) is 50.0. The first-order valence-electron chi connectivity index (χ1n) is 9.05. The zero-order chi connectivity index (χ0) is 21.6. The lowest BCUT2D eigenvalue weighted by molar-refractivity contribution is -0.143. The topological polar surface area (TPSA) is 175 Å². The first-order chi connectivity index (χ1) is 13.7. The van der Waals surface area contributed by atoms with Crippen LogP contribution in [-0.2, 0) is 25.6 Å². The van der Waals surface area contributed by atoms with E-state index < -0.39 is 48.3 Å². The van der Waals surface area contributed by atoms with Crippen molar-refractivity contribution in [3.05, 3.63) is 36.0 Å². The lowest BCUT2D eigenvalue weighted by Crippen LogP contribution is -2.54. The fourth-order valence-corrected chi connectivity index (χ4v) is 2.83. The summed E-state index contributed by atoms with van der Waals surface area (Å²) in [5.74, 6) is -3.83. The molecule has 0 saturated heterocycles. The number of carbonyl (C=O) groups is 4. The Morgan fingerprint density at radius 1 is 1.07 bits per heavy atom. The molecule has 156 valence electrons. The molecule has 1 aromatic carbocycles. The highest BCUT2D eigenvalue weighted by Crippen LogP contribution is 2.19. The van der Waals surface area contributed by atoms with Crippen LogP contribution >= 0.6 is 0 Å². The predicted octanol–water partition coefficient (Wildman–Crippen LogP) is -0.0234. The third kappa shape index (κ3) is 6.04. The van der Waals surface area contributed by atoms with Gasteiger partial charge in [0.15, 0.2) is 0 Å². The van der Waals surface area contributed by atoms with Crippen molar-refractivity contribution < 1.29 is 29.4 Å². The van der Waals surface area contributed by atoms with E-state index in [9.17, 15) is 24.3 Å². The summed E-state index contributed by atoms with van der Waals surface area (Å²) in [6, 6.07) is 4.06. The first-order valence-corrected chi connectivity index (χ1v) is 9.05. The molecule has 1 heterocycles. The van der Waals surface area contributed by atoms with E-state index in [1.807, 2.05) is 24.3 Å². The standard InChI is InChI=1S/C19H24N4O6/c1-10(20)17(26)23-15(8-11-9-21-13-5-3-2-4-12(11)13)18(27)22-14(19(28)29)6-7-16(24)25/h2-5,9-10,14-15,21H,6-8,20H2,1H3,(H,22,27)(H,23,26)(H,24,25)(H,28,29)/t10-,14-,15-/m0/s1. The normalized spacial score (nSPS) is 14.0. The number of para-hydroxylation sites is 1. The minimum atomic E-state index is -1.39. The SMILES string of the molecule is C[C@H](N)C(=O)N[C@@H](Cc1c[nH]c2ccccc12)C(=O)N[C@@H](CCC(=O)O)C(=O)O. The van der Waals surface area contributed by atoms with E-state index >= 15 is 0 Å². The van der Waals surface area contributed by atoms with Gasteiger partial charge in [0.25, 0.3) is 0 Å². The Kier molecular flexibility index (Phi) is 7.32. The zero-order valence-corrected chi connectivity index (χ0v) is 15.8. The molecule has 0 radical (unpaired) electrons. The summed E-state index contributed by atoms with van der Waals surface area (Å²) >= 11 is 0. The Morgan fingerprint density at radius 3 is 2.34 bits per heavy atom. The van der Waals surface area contributed by atoms with Crippen LogP contribution in [0.25, 0.3) is 10.9 Å². The van der Waals surface area contributed by atoms with Gasteiger partial charge in [0.05, 0.1) is 6.04 Å². The minimum absolute atomic E-state index is 0.0968. The second-order valence-corrected chi connectivity index (χ2v) is 6.75. The van der Waals surface area contributed by atoms with Gasteiger partial charge in [-0.1, -0.05) is 18.2 Å². The summed E-state index contributed by atoms with van der Waals surface area (Å²) in [6.45, 7) is 1.46. The molecule has 2 amide bonds. The van der Waals surface area contributed by atoms with Crippen LogP contribution in [0, 0.1) is 0 Å². The van der Waals surface area contributed by atoms with Gasteiger partial charge in [-0.15, -0.1) is 0 Å². The number of nitrogens with one attached hydrogen (secondary N) is 3. The van der Waals surface area contributed by atoms with Crippen LogP contribution in [0.5, 0.6) is 0 Å². The third-order valence-corrected chi connectivity index (χ3v) is 4.41. The van der Waals surface area contributed by atoms with Gasteiger partial charge >= 0.3 is 11.9 Å². The van der Waals surface area contributed by atoms with Crippen molar-refractivity contribution in [1.82, 2.24) is 15.6 Å². The summed E-state index contributed by atoms with van der Waals surface area (Å²) in [7, 11) is 0. The van der Waals surface area contributed by atoms with Crippen molar-refractivity contribution in [2.75, 3.05) is 0 Å². The molecule has 0 bridgehead atoms.